The first-order valence-corrected chi connectivity index (χ1v) is 13.1. The maximum atomic E-state index is 13.8. The van der Waals surface area contributed by atoms with Crippen molar-refractivity contribution in [1.82, 2.24) is 0 Å². The van der Waals surface area contributed by atoms with Crippen LogP contribution < -0.4 is 0 Å². The van der Waals surface area contributed by atoms with Crippen LogP contribution in [-0.4, -0.2) is 28.4 Å². The molecule has 4 aliphatic rings. The summed E-state index contributed by atoms with van der Waals surface area (Å²) in [4.78, 5) is 51.1. The molecule has 1 N–H and O–H groups in total. The lowest BCUT2D eigenvalue weighted by molar-refractivity contribution is -0.140. The molecule has 0 aromatic carbocycles. The number of rotatable bonds is 6. The Labute approximate surface area is 203 Å². The highest BCUT2D eigenvalue weighted by Crippen LogP contribution is 2.64. The molecule has 2 saturated carbocycles. The van der Waals surface area contributed by atoms with Gasteiger partial charge in [-0.3, -0.25) is 19.2 Å². The van der Waals surface area contributed by atoms with Crippen LogP contribution in [0.4, 0.5) is 0 Å². The maximum Gasteiger partial charge on any atom is 0.310 e. The fraction of sp³-hybridized carbons (Fsp3) is 0.724. The van der Waals surface area contributed by atoms with Gasteiger partial charge in [0.2, 0.25) is 0 Å². The van der Waals surface area contributed by atoms with E-state index in [-0.39, 0.29) is 45.9 Å². The number of hydrogen-bond donors (Lipinski definition) is 1. The van der Waals surface area contributed by atoms with Crippen LogP contribution in [0.2, 0.25) is 0 Å². The molecule has 34 heavy (non-hydrogen) atoms. The van der Waals surface area contributed by atoms with E-state index in [1.165, 1.54) is 0 Å². The van der Waals surface area contributed by atoms with Crippen LogP contribution in [0.3, 0.4) is 0 Å². The number of carbonyl (C=O) groups is 4. The second kappa shape index (κ2) is 8.57. The number of carboxylic acid groups (broad SMARTS) is 1. The third-order valence-electron chi connectivity index (χ3n) is 10.5. The zero-order valence-electron chi connectivity index (χ0n) is 21.4. The van der Waals surface area contributed by atoms with Crippen LogP contribution >= 0.6 is 0 Å². The second-order valence-corrected chi connectivity index (χ2v) is 12.3. The molecule has 5 nitrogen and oxygen atoms in total. The average molecular weight is 469 g/mol. The second-order valence-electron chi connectivity index (χ2n) is 12.3. The van der Waals surface area contributed by atoms with Crippen molar-refractivity contribution in [1.29, 1.82) is 0 Å². The lowest BCUT2D eigenvalue weighted by Gasteiger charge is -2.53. The molecule has 0 aromatic heterocycles. The van der Waals surface area contributed by atoms with Crippen molar-refractivity contribution >= 4 is 23.3 Å². The molecule has 0 aromatic rings. The topological polar surface area (TPSA) is 88.5 Å². The van der Waals surface area contributed by atoms with Crippen LogP contribution in [0.25, 0.3) is 0 Å². The molecular weight excluding hydrogens is 428 g/mol. The third-order valence-corrected chi connectivity index (χ3v) is 10.5. The first-order chi connectivity index (χ1) is 15.8. The largest absolute Gasteiger partial charge is 0.481 e. The van der Waals surface area contributed by atoms with E-state index in [0.29, 0.717) is 43.9 Å². The molecule has 0 aliphatic heterocycles. The summed E-state index contributed by atoms with van der Waals surface area (Å²) in [7, 11) is 0. The van der Waals surface area contributed by atoms with Crippen molar-refractivity contribution in [2.45, 2.75) is 86.0 Å². The van der Waals surface area contributed by atoms with Gasteiger partial charge in [-0.05, 0) is 68.1 Å². The monoisotopic (exact) mass is 468 g/mol. The minimum absolute atomic E-state index is 0.0633. The highest BCUT2D eigenvalue weighted by atomic mass is 16.4. The van der Waals surface area contributed by atoms with Gasteiger partial charge in [0.05, 0.1) is 5.92 Å². The molecular formula is C29H40O5. The van der Waals surface area contributed by atoms with E-state index in [1.54, 1.807) is 6.92 Å². The van der Waals surface area contributed by atoms with Gasteiger partial charge in [-0.25, -0.2) is 0 Å². The Morgan fingerprint density at radius 3 is 2.47 bits per heavy atom. The summed E-state index contributed by atoms with van der Waals surface area (Å²) < 4.78 is 0. The van der Waals surface area contributed by atoms with Crippen molar-refractivity contribution in [3.05, 3.63) is 23.3 Å². The molecule has 0 saturated heterocycles. The SMILES string of the molecule is C=C(CC[C@@H](C)C1CC[C@H]2C3=C(C(=O)C[C@]12C)[C@@]1(C)CCC(=O)[C@@H](C)[C@@H]1CC3=O)[C@H](C)C(=O)O. The van der Waals surface area contributed by atoms with Crippen molar-refractivity contribution in [3.8, 4) is 0 Å². The molecule has 0 amide bonds. The summed E-state index contributed by atoms with van der Waals surface area (Å²) >= 11 is 0. The van der Waals surface area contributed by atoms with Crippen LogP contribution in [0.1, 0.15) is 86.0 Å². The summed E-state index contributed by atoms with van der Waals surface area (Å²) in [6.45, 7) is 14.2. The maximum absolute atomic E-state index is 13.8. The highest BCUT2D eigenvalue weighted by Gasteiger charge is 2.61. The number of Topliss-reactive ketones (excluding diaryl/α,β-unsaturated/α-hetero) is 3. The van der Waals surface area contributed by atoms with E-state index in [9.17, 15) is 24.3 Å². The Hall–Kier alpha value is -2.04. The lowest BCUT2D eigenvalue weighted by Crippen LogP contribution is -2.53. The fourth-order valence-corrected chi connectivity index (χ4v) is 8.25. The van der Waals surface area contributed by atoms with E-state index in [2.05, 4.69) is 27.4 Å². The fourth-order valence-electron chi connectivity index (χ4n) is 8.25. The van der Waals surface area contributed by atoms with E-state index in [1.807, 2.05) is 6.92 Å². The standard InChI is InChI=1S/C29H40O5/c1-15(17(3)27(33)34)7-8-16(2)19-9-10-20-25-23(31)13-21-18(4)22(30)11-12-28(21,5)26(25)24(32)14-29(19,20)6/h16-21H,1,7-14H2,2-6H3,(H,33,34)/t16-,17+,18+,19?,20+,21+,28+,29-/m1/s1. The van der Waals surface area contributed by atoms with Crippen molar-refractivity contribution in [2.75, 3.05) is 0 Å². The Kier molecular flexibility index (Phi) is 6.31. The number of carboxylic acids is 1. The molecule has 8 atom stereocenters. The van der Waals surface area contributed by atoms with Gasteiger partial charge in [-0.2, -0.15) is 0 Å². The first kappa shape index (κ1) is 25.1. The summed E-state index contributed by atoms with van der Waals surface area (Å²) in [5, 5.41) is 9.27. The number of hydrogen-bond acceptors (Lipinski definition) is 4. The lowest BCUT2D eigenvalue weighted by atomic mass is 9.48. The number of carbonyl (C=O) groups excluding carboxylic acids is 3. The van der Waals surface area contributed by atoms with Gasteiger partial charge in [-0.15, -0.1) is 0 Å². The average Bonchev–Trinajstić information content (AvgIpc) is 3.11. The zero-order valence-corrected chi connectivity index (χ0v) is 21.4. The number of allylic oxidation sites excluding steroid dienone is 2. The Morgan fingerprint density at radius 2 is 1.82 bits per heavy atom. The van der Waals surface area contributed by atoms with Gasteiger partial charge in [-0.1, -0.05) is 39.8 Å². The van der Waals surface area contributed by atoms with Gasteiger partial charge < -0.3 is 5.11 Å². The van der Waals surface area contributed by atoms with Crippen LogP contribution in [0.5, 0.6) is 0 Å². The van der Waals surface area contributed by atoms with E-state index in [4.69, 9.17) is 0 Å². The Balaban J connectivity index is 1.61. The van der Waals surface area contributed by atoms with E-state index in [0.717, 1.165) is 36.0 Å². The van der Waals surface area contributed by atoms with Gasteiger partial charge in [0.25, 0.3) is 0 Å². The Morgan fingerprint density at radius 1 is 1.15 bits per heavy atom. The predicted molar refractivity (Wildman–Crippen MR) is 130 cm³/mol. The van der Waals surface area contributed by atoms with Crippen molar-refractivity contribution in [3.63, 3.8) is 0 Å². The molecule has 0 spiro atoms. The number of aliphatic carboxylic acids is 1. The zero-order chi connectivity index (χ0) is 25.2. The predicted octanol–water partition coefficient (Wildman–Crippen LogP) is 5.58. The minimum Gasteiger partial charge on any atom is -0.481 e. The summed E-state index contributed by atoms with van der Waals surface area (Å²) in [5.74, 6) is -0.453. The third kappa shape index (κ3) is 3.65. The molecule has 1 unspecified atom stereocenters. The van der Waals surface area contributed by atoms with Crippen LogP contribution in [0, 0.1) is 46.3 Å². The summed E-state index contributed by atoms with van der Waals surface area (Å²) in [6.07, 6.45) is 5.43. The van der Waals surface area contributed by atoms with Crippen molar-refractivity contribution in [2.24, 2.45) is 46.3 Å². The molecule has 0 bridgehead atoms. The van der Waals surface area contributed by atoms with Gasteiger partial charge >= 0.3 is 5.97 Å². The summed E-state index contributed by atoms with van der Waals surface area (Å²) in [6, 6.07) is 0. The molecule has 4 rings (SSSR count). The van der Waals surface area contributed by atoms with Gasteiger partial charge in [0.1, 0.15) is 5.78 Å². The molecule has 5 heteroatoms. The molecule has 0 heterocycles. The van der Waals surface area contributed by atoms with Gasteiger partial charge in [0.15, 0.2) is 11.6 Å². The van der Waals surface area contributed by atoms with Crippen LogP contribution in [-0.2, 0) is 19.2 Å². The minimum atomic E-state index is -0.843. The van der Waals surface area contributed by atoms with E-state index >= 15 is 0 Å². The molecule has 0 radical (unpaired) electrons. The number of fused-ring (bicyclic) bond motifs is 4. The van der Waals surface area contributed by atoms with Gasteiger partial charge in [0, 0.05) is 41.7 Å². The molecule has 4 aliphatic carbocycles. The molecule has 2 fully saturated rings. The normalized spacial score (nSPS) is 39.3. The quantitative estimate of drug-likeness (QED) is 0.514. The summed E-state index contributed by atoms with van der Waals surface area (Å²) in [5.41, 5.74) is 1.70. The molecule has 186 valence electrons. The van der Waals surface area contributed by atoms with E-state index < -0.39 is 11.9 Å². The van der Waals surface area contributed by atoms with Crippen LogP contribution in [0.15, 0.2) is 23.3 Å². The van der Waals surface area contributed by atoms with Crippen molar-refractivity contribution < 1.29 is 24.3 Å². The highest BCUT2D eigenvalue weighted by molar-refractivity contribution is 6.11. The first-order valence-electron chi connectivity index (χ1n) is 13.1. The Bertz CT molecular complexity index is 988. The number of ketones is 3. The smallest absolute Gasteiger partial charge is 0.310 e.